The Bertz CT molecular complexity index is 421. The van der Waals surface area contributed by atoms with Gasteiger partial charge in [0.15, 0.2) is 0 Å². The molecule has 1 aromatic carbocycles. The minimum atomic E-state index is -0.711. The molecule has 0 bridgehead atoms. The maximum Gasteiger partial charge on any atom is 0.234 e. The van der Waals surface area contributed by atoms with Gasteiger partial charge in [0.1, 0.15) is 6.29 Å². The molecule has 1 unspecified atom stereocenters. The molecule has 2 rings (SSSR count). The zero-order chi connectivity index (χ0) is 12.4. The van der Waals surface area contributed by atoms with Crippen LogP contribution in [0.1, 0.15) is 11.5 Å². The Morgan fingerprint density at radius 1 is 1.41 bits per heavy atom. The molecular formula is C12H14N2O3. The Kier molecular flexibility index (Phi) is 3.19. The number of carbonyl (C=O) groups excluding carboxylic acids is 1. The largest absolute Gasteiger partial charge is 0.302 e. The van der Waals surface area contributed by atoms with Crippen molar-refractivity contribution in [2.24, 2.45) is 0 Å². The van der Waals surface area contributed by atoms with Crippen LogP contribution in [0.5, 0.6) is 0 Å². The molecule has 1 aliphatic rings. The summed E-state index contributed by atoms with van der Waals surface area (Å²) < 4.78 is 0. The second kappa shape index (κ2) is 4.63. The lowest BCUT2D eigenvalue weighted by Gasteiger charge is -2.18. The van der Waals surface area contributed by atoms with E-state index < -0.39 is 12.1 Å². The van der Waals surface area contributed by atoms with Crippen LogP contribution in [-0.2, 0) is 4.79 Å². The summed E-state index contributed by atoms with van der Waals surface area (Å²) in [6, 6.07) is 8.11. The van der Waals surface area contributed by atoms with Crippen molar-refractivity contribution in [3.63, 3.8) is 0 Å². The third kappa shape index (κ3) is 2.06. The van der Waals surface area contributed by atoms with Crippen molar-refractivity contribution in [1.82, 2.24) is 4.90 Å². The van der Waals surface area contributed by atoms with E-state index in [-0.39, 0.29) is 10.8 Å². The molecule has 1 aliphatic heterocycles. The second-order valence-electron chi connectivity index (χ2n) is 4.36. The lowest BCUT2D eigenvalue weighted by Crippen LogP contribution is -2.31. The quantitative estimate of drug-likeness (QED) is 0.443. The highest BCUT2D eigenvalue weighted by atomic mass is 16.6. The van der Waals surface area contributed by atoms with Gasteiger partial charge in [-0.3, -0.25) is 15.0 Å². The molecule has 0 spiro atoms. The van der Waals surface area contributed by atoms with Crippen molar-refractivity contribution in [2.45, 2.75) is 18.0 Å². The fourth-order valence-corrected chi connectivity index (χ4v) is 2.51. The molecule has 1 fully saturated rings. The number of hydrogen-bond donors (Lipinski definition) is 0. The van der Waals surface area contributed by atoms with Gasteiger partial charge < -0.3 is 4.79 Å². The normalized spacial score (nSPS) is 29.1. The molecule has 0 aromatic heterocycles. The average molecular weight is 234 g/mol. The van der Waals surface area contributed by atoms with E-state index in [1.54, 1.807) is 11.9 Å². The third-order valence-corrected chi connectivity index (χ3v) is 3.36. The van der Waals surface area contributed by atoms with Crippen molar-refractivity contribution in [2.75, 3.05) is 13.6 Å². The van der Waals surface area contributed by atoms with Gasteiger partial charge in [-0.2, -0.15) is 0 Å². The van der Waals surface area contributed by atoms with Crippen LogP contribution in [0.4, 0.5) is 0 Å². The van der Waals surface area contributed by atoms with E-state index in [4.69, 9.17) is 0 Å². The lowest BCUT2D eigenvalue weighted by molar-refractivity contribution is -0.521. The van der Waals surface area contributed by atoms with Gasteiger partial charge in [-0.05, 0) is 12.6 Å². The van der Waals surface area contributed by atoms with Gasteiger partial charge >= 0.3 is 0 Å². The number of likely N-dealkylation sites (tertiary alicyclic amines) is 1. The molecule has 0 amide bonds. The van der Waals surface area contributed by atoms with Crippen molar-refractivity contribution in [3.8, 4) is 0 Å². The number of likely N-dealkylation sites (N-methyl/N-ethyl adjacent to an activating group) is 1. The van der Waals surface area contributed by atoms with Crippen LogP contribution in [0.3, 0.4) is 0 Å². The number of hydrogen-bond acceptors (Lipinski definition) is 4. The van der Waals surface area contributed by atoms with Gasteiger partial charge in [0, 0.05) is 4.92 Å². The topological polar surface area (TPSA) is 63.4 Å². The summed E-state index contributed by atoms with van der Waals surface area (Å²) in [6.45, 7) is 0.315. The standard InChI is InChI=1S/C12H14N2O3/c1-13-7-10(14(16)17)12(11(13)8-15)9-5-3-2-4-6-9/h2-6,8,10-12H,7H2,1H3/t10-,11+,12?/m0/s1. The monoisotopic (exact) mass is 234 g/mol. The predicted octanol–water partition coefficient (Wildman–Crippen LogP) is 0.928. The molecule has 0 aliphatic carbocycles. The highest BCUT2D eigenvalue weighted by Crippen LogP contribution is 2.33. The predicted molar refractivity (Wildman–Crippen MR) is 62.4 cm³/mol. The molecule has 90 valence electrons. The van der Waals surface area contributed by atoms with E-state index in [0.29, 0.717) is 6.54 Å². The van der Waals surface area contributed by atoms with Gasteiger partial charge in [0.05, 0.1) is 18.5 Å². The second-order valence-corrected chi connectivity index (χ2v) is 4.36. The minimum absolute atomic E-state index is 0.280. The first kappa shape index (κ1) is 11.7. The molecule has 3 atom stereocenters. The van der Waals surface area contributed by atoms with Crippen LogP contribution >= 0.6 is 0 Å². The highest BCUT2D eigenvalue weighted by molar-refractivity contribution is 5.61. The van der Waals surface area contributed by atoms with E-state index in [1.807, 2.05) is 30.3 Å². The number of carbonyl (C=O) groups is 1. The van der Waals surface area contributed by atoms with Gasteiger partial charge in [-0.25, -0.2) is 0 Å². The van der Waals surface area contributed by atoms with Gasteiger partial charge in [-0.15, -0.1) is 0 Å². The molecule has 5 nitrogen and oxygen atoms in total. The number of nitro groups is 1. The fraction of sp³-hybridized carbons (Fsp3) is 0.417. The molecule has 0 N–H and O–H groups in total. The number of benzene rings is 1. The fourth-order valence-electron chi connectivity index (χ4n) is 2.51. The van der Waals surface area contributed by atoms with Gasteiger partial charge in [0.2, 0.25) is 6.04 Å². The molecular weight excluding hydrogens is 220 g/mol. The zero-order valence-electron chi connectivity index (χ0n) is 9.52. The van der Waals surface area contributed by atoms with Gasteiger partial charge in [0.25, 0.3) is 0 Å². The van der Waals surface area contributed by atoms with Crippen LogP contribution in [0, 0.1) is 10.1 Å². The molecule has 5 heteroatoms. The van der Waals surface area contributed by atoms with Crippen LogP contribution in [0.15, 0.2) is 30.3 Å². The maximum absolute atomic E-state index is 11.1. The molecule has 1 aromatic rings. The van der Waals surface area contributed by atoms with Crippen molar-refractivity contribution < 1.29 is 9.72 Å². The number of nitrogens with zero attached hydrogens (tertiary/aromatic N) is 2. The smallest absolute Gasteiger partial charge is 0.234 e. The van der Waals surface area contributed by atoms with Crippen molar-refractivity contribution >= 4 is 6.29 Å². The van der Waals surface area contributed by atoms with E-state index >= 15 is 0 Å². The summed E-state index contributed by atoms with van der Waals surface area (Å²) in [5.41, 5.74) is 0.857. The Morgan fingerprint density at radius 2 is 2.06 bits per heavy atom. The van der Waals surface area contributed by atoms with Crippen molar-refractivity contribution in [1.29, 1.82) is 0 Å². The van der Waals surface area contributed by atoms with Crippen LogP contribution in [-0.4, -0.2) is 41.8 Å². The summed E-state index contributed by atoms with van der Waals surface area (Å²) >= 11 is 0. The maximum atomic E-state index is 11.1. The molecule has 17 heavy (non-hydrogen) atoms. The van der Waals surface area contributed by atoms with E-state index in [2.05, 4.69) is 0 Å². The first-order chi connectivity index (χ1) is 8.15. The Labute approximate surface area is 99.2 Å². The lowest BCUT2D eigenvalue weighted by atomic mass is 9.89. The molecule has 1 saturated heterocycles. The van der Waals surface area contributed by atoms with E-state index in [0.717, 1.165) is 11.8 Å². The summed E-state index contributed by atoms with van der Waals surface area (Å²) in [6.07, 6.45) is 0.807. The molecule has 0 radical (unpaired) electrons. The Hall–Kier alpha value is -1.75. The van der Waals surface area contributed by atoms with Crippen LogP contribution in [0.2, 0.25) is 0 Å². The average Bonchev–Trinajstić information content (AvgIpc) is 2.67. The van der Waals surface area contributed by atoms with Crippen LogP contribution in [0.25, 0.3) is 0 Å². The first-order valence-corrected chi connectivity index (χ1v) is 5.49. The Morgan fingerprint density at radius 3 is 2.59 bits per heavy atom. The summed E-state index contributed by atoms with van der Waals surface area (Å²) in [7, 11) is 1.75. The summed E-state index contributed by atoms with van der Waals surface area (Å²) in [5, 5.41) is 11.1. The number of rotatable bonds is 3. The zero-order valence-corrected chi connectivity index (χ0v) is 9.52. The SMILES string of the molecule is CN1C[C@H]([N+](=O)[O-])C(c2ccccc2)[C@H]1C=O. The first-order valence-electron chi connectivity index (χ1n) is 5.49. The van der Waals surface area contributed by atoms with E-state index in [1.165, 1.54) is 0 Å². The third-order valence-electron chi connectivity index (χ3n) is 3.36. The summed E-state index contributed by atoms with van der Waals surface area (Å²) in [4.78, 5) is 23.6. The Balaban J connectivity index is 2.38. The highest BCUT2D eigenvalue weighted by Gasteiger charge is 2.47. The number of aldehydes is 1. The molecule has 0 saturated carbocycles. The van der Waals surface area contributed by atoms with Crippen molar-refractivity contribution in [3.05, 3.63) is 46.0 Å². The van der Waals surface area contributed by atoms with E-state index in [9.17, 15) is 14.9 Å². The van der Waals surface area contributed by atoms with Crippen LogP contribution < -0.4 is 0 Å². The summed E-state index contributed by atoms with van der Waals surface area (Å²) in [5.74, 6) is -0.353. The van der Waals surface area contributed by atoms with Gasteiger partial charge in [-0.1, -0.05) is 30.3 Å². The molecule has 1 heterocycles. The minimum Gasteiger partial charge on any atom is -0.302 e.